The summed E-state index contributed by atoms with van der Waals surface area (Å²) in [7, 11) is 0. The van der Waals surface area contributed by atoms with E-state index in [0.717, 1.165) is 16.9 Å². The fourth-order valence-electron chi connectivity index (χ4n) is 2.14. The number of aldehydes is 1. The maximum Gasteiger partial charge on any atom is 0.240 e. The van der Waals surface area contributed by atoms with E-state index in [1.165, 1.54) is 11.8 Å². The van der Waals surface area contributed by atoms with E-state index in [0.29, 0.717) is 18.5 Å². The normalized spacial score (nSPS) is 17.8. The molecule has 0 radical (unpaired) electrons. The van der Waals surface area contributed by atoms with Crippen LogP contribution in [0.2, 0.25) is 0 Å². The molecule has 0 aliphatic carbocycles. The number of carbonyl (C=O) groups is 3. The second-order valence-corrected chi connectivity index (χ2v) is 6.05. The third-order valence-corrected chi connectivity index (χ3v) is 4.27. The number of nitrogens with zero attached hydrogens (tertiary/aromatic N) is 1. The van der Waals surface area contributed by atoms with Gasteiger partial charge in [-0.3, -0.25) is 14.4 Å². The predicted molar refractivity (Wildman–Crippen MR) is 77.9 cm³/mol. The third kappa shape index (κ3) is 3.01. The van der Waals surface area contributed by atoms with E-state index in [9.17, 15) is 14.4 Å². The summed E-state index contributed by atoms with van der Waals surface area (Å²) in [6, 6.07) is 5.26. The molecule has 20 heavy (non-hydrogen) atoms. The van der Waals surface area contributed by atoms with Crippen LogP contribution >= 0.6 is 11.8 Å². The van der Waals surface area contributed by atoms with Crippen molar-refractivity contribution in [2.75, 3.05) is 11.4 Å². The van der Waals surface area contributed by atoms with Gasteiger partial charge in [0, 0.05) is 23.4 Å². The van der Waals surface area contributed by atoms with Crippen LogP contribution in [0.4, 0.5) is 5.69 Å². The molecule has 5 nitrogen and oxygen atoms in total. The third-order valence-electron chi connectivity index (χ3n) is 3.13. The quantitative estimate of drug-likeness (QED) is 0.836. The highest BCUT2D eigenvalue weighted by atomic mass is 32.2. The van der Waals surface area contributed by atoms with E-state index >= 15 is 0 Å². The first-order valence-electron chi connectivity index (χ1n) is 6.38. The second-order valence-electron chi connectivity index (χ2n) is 4.66. The molecule has 0 aromatic heterocycles. The number of rotatable bonds is 5. The van der Waals surface area contributed by atoms with Gasteiger partial charge in [0.2, 0.25) is 11.8 Å². The lowest BCUT2D eigenvalue weighted by molar-refractivity contribution is -0.119. The van der Waals surface area contributed by atoms with E-state index < -0.39 is 0 Å². The molecule has 2 N–H and O–H groups in total. The topological polar surface area (TPSA) is 80.5 Å². The monoisotopic (exact) mass is 292 g/mol. The van der Waals surface area contributed by atoms with Crippen LogP contribution in [-0.2, 0) is 9.59 Å². The van der Waals surface area contributed by atoms with Crippen molar-refractivity contribution in [3.8, 4) is 0 Å². The Morgan fingerprint density at radius 2 is 2.25 bits per heavy atom. The van der Waals surface area contributed by atoms with Crippen LogP contribution in [0.15, 0.2) is 23.1 Å². The lowest BCUT2D eigenvalue weighted by Gasteiger charge is -2.32. The smallest absolute Gasteiger partial charge is 0.240 e. The minimum atomic E-state index is -0.367. The van der Waals surface area contributed by atoms with Crippen molar-refractivity contribution >= 4 is 35.5 Å². The van der Waals surface area contributed by atoms with Crippen LogP contribution in [-0.4, -0.2) is 29.9 Å². The minimum Gasteiger partial charge on any atom is -0.370 e. The molecular formula is C14H16N2O3S. The molecule has 106 valence electrons. The summed E-state index contributed by atoms with van der Waals surface area (Å²) >= 11 is 1.45. The predicted octanol–water partition coefficient (Wildman–Crippen LogP) is 1.59. The average molecular weight is 292 g/mol. The SMILES string of the molecule is CC1Sc2cc(C=O)ccc2N(CCCC(N)=O)C1=O. The molecule has 2 rings (SSSR count). The molecular weight excluding hydrogens is 276 g/mol. The summed E-state index contributed by atoms with van der Waals surface area (Å²) in [5.74, 6) is -0.348. The lowest BCUT2D eigenvalue weighted by Crippen LogP contribution is -2.40. The van der Waals surface area contributed by atoms with E-state index in [4.69, 9.17) is 5.73 Å². The van der Waals surface area contributed by atoms with Crippen molar-refractivity contribution < 1.29 is 14.4 Å². The Balaban J connectivity index is 2.24. The van der Waals surface area contributed by atoms with Crippen LogP contribution in [0, 0.1) is 0 Å². The summed E-state index contributed by atoms with van der Waals surface area (Å²) in [4.78, 5) is 36.4. The van der Waals surface area contributed by atoms with Gasteiger partial charge < -0.3 is 10.6 Å². The average Bonchev–Trinajstić information content (AvgIpc) is 2.42. The Bertz CT molecular complexity index is 559. The zero-order valence-electron chi connectivity index (χ0n) is 11.2. The Labute approximate surface area is 121 Å². The molecule has 0 saturated heterocycles. The highest BCUT2D eigenvalue weighted by Crippen LogP contribution is 2.39. The molecule has 1 unspecified atom stereocenters. The van der Waals surface area contributed by atoms with Gasteiger partial charge in [-0.1, -0.05) is 0 Å². The largest absolute Gasteiger partial charge is 0.370 e. The first-order chi connectivity index (χ1) is 9.52. The van der Waals surface area contributed by atoms with E-state index in [1.54, 1.807) is 23.1 Å². The molecule has 0 spiro atoms. The summed E-state index contributed by atoms with van der Waals surface area (Å²) in [6.07, 6.45) is 1.58. The number of fused-ring (bicyclic) bond motifs is 1. The Hall–Kier alpha value is -1.82. The van der Waals surface area contributed by atoms with Crippen LogP contribution < -0.4 is 10.6 Å². The molecule has 0 fully saturated rings. The molecule has 0 bridgehead atoms. The zero-order valence-corrected chi connectivity index (χ0v) is 12.0. The zero-order chi connectivity index (χ0) is 14.7. The van der Waals surface area contributed by atoms with E-state index in [2.05, 4.69) is 0 Å². The highest BCUT2D eigenvalue weighted by molar-refractivity contribution is 8.01. The van der Waals surface area contributed by atoms with Gasteiger partial charge in [0.05, 0.1) is 10.9 Å². The van der Waals surface area contributed by atoms with Crippen molar-refractivity contribution in [1.29, 1.82) is 0 Å². The summed E-state index contributed by atoms with van der Waals surface area (Å²) in [5, 5.41) is -0.196. The van der Waals surface area contributed by atoms with E-state index in [1.807, 2.05) is 6.92 Å². The second kappa shape index (κ2) is 6.09. The number of carbonyl (C=O) groups excluding carboxylic acids is 3. The van der Waals surface area contributed by atoms with Gasteiger partial charge in [0.15, 0.2) is 0 Å². The van der Waals surface area contributed by atoms with Gasteiger partial charge in [-0.15, -0.1) is 11.8 Å². The number of primary amides is 1. The highest BCUT2D eigenvalue weighted by Gasteiger charge is 2.30. The molecule has 2 amide bonds. The molecule has 1 aromatic rings. The Kier molecular flexibility index (Phi) is 4.44. The number of hydrogen-bond acceptors (Lipinski definition) is 4. The summed E-state index contributed by atoms with van der Waals surface area (Å²) in [5.41, 5.74) is 6.51. The van der Waals surface area contributed by atoms with Gasteiger partial charge in [0.25, 0.3) is 0 Å². The maximum absolute atomic E-state index is 12.2. The standard InChI is InChI=1S/C14H16N2O3S/c1-9-14(19)16(6-2-3-13(15)18)11-5-4-10(8-17)7-12(11)20-9/h4-5,7-9H,2-3,6H2,1H3,(H2,15,18). The molecule has 0 saturated carbocycles. The Morgan fingerprint density at radius 3 is 2.90 bits per heavy atom. The Morgan fingerprint density at radius 1 is 1.50 bits per heavy atom. The molecule has 1 atom stereocenters. The number of anilines is 1. The molecule has 6 heteroatoms. The number of amides is 2. The van der Waals surface area contributed by atoms with Gasteiger partial charge in [-0.2, -0.15) is 0 Å². The fraction of sp³-hybridized carbons (Fsp3) is 0.357. The first-order valence-corrected chi connectivity index (χ1v) is 7.26. The molecule has 1 aromatic carbocycles. The molecule has 1 aliphatic heterocycles. The van der Waals surface area contributed by atoms with Crippen molar-refractivity contribution in [3.05, 3.63) is 23.8 Å². The lowest BCUT2D eigenvalue weighted by atomic mass is 10.1. The minimum absolute atomic E-state index is 0.0193. The van der Waals surface area contributed by atoms with Crippen LogP contribution in [0.25, 0.3) is 0 Å². The first kappa shape index (κ1) is 14.6. The van der Waals surface area contributed by atoms with E-state index in [-0.39, 0.29) is 23.5 Å². The van der Waals surface area contributed by atoms with Crippen molar-refractivity contribution in [2.24, 2.45) is 5.73 Å². The maximum atomic E-state index is 12.2. The number of thioether (sulfide) groups is 1. The molecule has 1 heterocycles. The van der Waals surface area contributed by atoms with Crippen LogP contribution in [0.3, 0.4) is 0 Å². The van der Waals surface area contributed by atoms with Crippen LogP contribution in [0.1, 0.15) is 30.1 Å². The van der Waals surface area contributed by atoms with Gasteiger partial charge in [0.1, 0.15) is 6.29 Å². The summed E-state index contributed by atoms with van der Waals surface area (Å²) in [6.45, 7) is 2.30. The number of benzene rings is 1. The fourth-order valence-corrected chi connectivity index (χ4v) is 3.25. The van der Waals surface area contributed by atoms with Crippen molar-refractivity contribution in [2.45, 2.75) is 29.9 Å². The summed E-state index contributed by atoms with van der Waals surface area (Å²) < 4.78 is 0. The van der Waals surface area contributed by atoms with Gasteiger partial charge >= 0.3 is 0 Å². The number of nitrogens with two attached hydrogens (primary N) is 1. The van der Waals surface area contributed by atoms with Crippen LogP contribution in [0.5, 0.6) is 0 Å². The molecule has 1 aliphatic rings. The van der Waals surface area contributed by atoms with Gasteiger partial charge in [-0.25, -0.2) is 0 Å². The van der Waals surface area contributed by atoms with Gasteiger partial charge in [-0.05, 0) is 31.5 Å². The number of hydrogen-bond donors (Lipinski definition) is 1. The van der Waals surface area contributed by atoms with Crippen molar-refractivity contribution in [3.63, 3.8) is 0 Å². The van der Waals surface area contributed by atoms with Crippen molar-refractivity contribution in [1.82, 2.24) is 0 Å².